The van der Waals surface area contributed by atoms with Crippen LogP contribution in [0.1, 0.15) is 117 Å². The van der Waals surface area contributed by atoms with Crippen LogP contribution < -0.4 is 5.73 Å². The molecule has 0 radical (unpaired) electrons. The largest absolute Gasteiger partial charge is 0.372 e. The Hall–Kier alpha value is -2.80. The number of nitrogens with two attached hydrogens (primary N) is 1. The lowest BCUT2D eigenvalue weighted by atomic mass is 9.82. The van der Waals surface area contributed by atoms with E-state index < -0.39 is 0 Å². The van der Waals surface area contributed by atoms with E-state index in [4.69, 9.17) is 4.79 Å². The van der Waals surface area contributed by atoms with E-state index in [1.165, 1.54) is 49.9 Å². The van der Waals surface area contributed by atoms with Gasteiger partial charge in [-0.1, -0.05) is 111 Å². The van der Waals surface area contributed by atoms with Crippen LogP contribution in [0.25, 0.3) is 0 Å². The van der Waals surface area contributed by atoms with Crippen molar-refractivity contribution in [1.29, 1.82) is 0 Å². The van der Waals surface area contributed by atoms with Gasteiger partial charge < -0.3 is 10.6 Å². The number of benzene rings is 2. The molecule has 0 aromatic heterocycles. The zero-order valence-electron chi connectivity index (χ0n) is 27.8. The molecule has 0 aliphatic carbocycles. The van der Waals surface area contributed by atoms with Crippen molar-refractivity contribution in [2.24, 2.45) is 17.1 Å². The zero-order chi connectivity index (χ0) is 32.4. The number of carbonyl (C=O) groups excluding carboxylic acids is 2. The fraction of sp³-hybridized carbons (Fsp3) is 0.611. The fourth-order valence-electron chi connectivity index (χ4n) is 5.96. The first-order valence-corrected chi connectivity index (χ1v) is 16.2. The number of nitrogens with zero attached hydrogens (tertiary/aromatic N) is 2. The van der Waals surface area contributed by atoms with E-state index in [1.54, 1.807) is 0 Å². The summed E-state index contributed by atoms with van der Waals surface area (Å²) < 4.78 is 27.5. The van der Waals surface area contributed by atoms with Gasteiger partial charge in [-0.05, 0) is 53.1 Å². The number of amides is 2. The quantitative estimate of drug-likeness (QED) is 0.196. The van der Waals surface area contributed by atoms with Gasteiger partial charge >= 0.3 is 0 Å². The molecule has 0 saturated carbocycles. The van der Waals surface area contributed by atoms with E-state index in [-0.39, 0.29) is 41.5 Å². The number of hydrogen-bond acceptors (Lipinski definition) is 3. The molecule has 5 nitrogen and oxygen atoms in total. The maximum Gasteiger partial charge on any atom is 0.223 e. The highest BCUT2D eigenvalue weighted by molar-refractivity contribution is 5.77. The monoisotopic (exact) mass is 601 g/mol. The number of carbonyl (C=O) groups is 2. The van der Waals surface area contributed by atoms with E-state index in [1.807, 2.05) is 38.1 Å². The molecule has 1 heterocycles. The van der Waals surface area contributed by atoms with Crippen LogP contribution in [-0.2, 0) is 9.59 Å². The van der Waals surface area contributed by atoms with Gasteiger partial charge in [-0.15, -0.1) is 0 Å². The van der Waals surface area contributed by atoms with E-state index >= 15 is 0 Å². The highest BCUT2D eigenvalue weighted by atomic mass is 19.1. The fourth-order valence-corrected chi connectivity index (χ4v) is 5.96. The molecule has 2 atom stereocenters. The topological polar surface area (TPSA) is 66.6 Å². The second-order valence-corrected chi connectivity index (χ2v) is 12.3. The summed E-state index contributed by atoms with van der Waals surface area (Å²) in [5, 5.41) is 0. The highest BCUT2D eigenvalue weighted by Gasteiger charge is 2.40. The Morgan fingerprint density at radius 3 is 1.84 bits per heavy atom. The van der Waals surface area contributed by atoms with Gasteiger partial charge in [-0.3, -0.25) is 14.5 Å². The van der Waals surface area contributed by atoms with E-state index in [9.17, 15) is 13.6 Å². The average Bonchev–Trinajstić information content (AvgIpc) is 2.98. The summed E-state index contributed by atoms with van der Waals surface area (Å²) in [5.74, 6) is 0.185. The summed E-state index contributed by atoms with van der Waals surface area (Å²) in [6.45, 7) is 17.2. The number of primary amides is 1. The van der Waals surface area contributed by atoms with Crippen molar-refractivity contribution in [3.05, 3.63) is 71.3 Å². The summed E-state index contributed by atoms with van der Waals surface area (Å²) in [4.78, 5) is 26.8. The van der Waals surface area contributed by atoms with Crippen LogP contribution in [0.15, 0.2) is 48.5 Å². The molecule has 2 aromatic rings. The van der Waals surface area contributed by atoms with Gasteiger partial charge in [0.05, 0.1) is 6.04 Å². The molecule has 1 aliphatic heterocycles. The van der Waals surface area contributed by atoms with E-state index in [0.717, 1.165) is 30.4 Å². The van der Waals surface area contributed by atoms with Gasteiger partial charge in [-0.2, -0.15) is 0 Å². The predicted octanol–water partition coefficient (Wildman–Crippen LogP) is 8.52. The van der Waals surface area contributed by atoms with Crippen LogP contribution in [0.3, 0.4) is 0 Å². The summed E-state index contributed by atoms with van der Waals surface area (Å²) in [6, 6.07) is 13.1. The van der Waals surface area contributed by atoms with Crippen LogP contribution in [0.5, 0.6) is 0 Å². The van der Waals surface area contributed by atoms with Crippen molar-refractivity contribution in [1.82, 2.24) is 9.80 Å². The summed E-state index contributed by atoms with van der Waals surface area (Å²) in [7, 11) is 0. The number of piperazine rings is 1. The Balaban J connectivity index is 0.00000174. The molecule has 2 unspecified atom stereocenters. The molecule has 43 heavy (non-hydrogen) atoms. The molecule has 0 bridgehead atoms. The first kappa shape index (κ1) is 38.2. The van der Waals surface area contributed by atoms with Crippen molar-refractivity contribution in [3.63, 3.8) is 0 Å². The van der Waals surface area contributed by atoms with Crippen molar-refractivity contribution in [2.45, 2.75) is 112 Å². The van der Waals surface area contributed by atoms with Crippen molar-refractivity contribution in [2.75, 3.05) is 19.6 Å². The summed E-state index contributed by atoms with van der Waals surface area (Å²) >= 11 is 0. The third-order valence-electron chi connectivity index (χ3n) is 8.09. The van der Waals surface area contributed by atoms with Gasteiger partial charge in [0.1, 0.15) is 11.6 Å². The Morgan fingerprint density at radius 2 is 1.40 bits per heavy atom. The average molecular weight is 602 g/mol. The minimum absolute atomic E-state index is 0.0505. The molecule has 1 saturated heterocycles. The smallest absolute Gasteiger partial charge is 0.223 e. The van der Waals surface area contributed by atoms with Crippen LogP contribution in [0.4, 0.5) is 8.78 Å². The van der Waals surface area contributed by atoms with Crippen LogP contribution in [0.2, 0.25) is 0 Å². The molecule has 7 heteroatoms. The molecular formula is C36H57F2N3O2. The summed E-state index contributed by atoms with van der Waals surface area (Å²) in [5.41, 5.74) is 6.01. The molecule has 2 aromatic carbocycles. The molecule has 0 spiro atoms. The molecule has 2 amide bonds. The normalized spacial score (nSPS) is 16.0. The van der Waals surface area contributed by atoms with E-state index in [0.29, 0.717) is 32.0 Å². The minimum Gasteiger partial charge on any atom is -0.372 e. The number of halogens is 2. The minimum atomic E-state index is -0.272. The van der Waals surface area contributed by atoms with Gasteiger partial charge in [0.25, 0.3) is 0 Å². The Morgan fingerprint density at radius 1 is 0.884 bits per heavy atom. The number of hydrogen-bond donors (Lipinski definition) is 1. The molecule has 3 rings (SSSR count). The van der Waals surface area contributed by atoms with Gasteiger partial charge in [-0.25, -0.2) is 8.78 Å². The third-order valence-corrected chi connectivity index (χ3v) is 8.09. The van der Waals surface area contributed by atoms with Crippen LogP contribution in [0, 0.1) is 23.0 Å². The maximum atomic E-state index is 13.8. The second-order valence-electron chi connectivity index (χ2n) is 12.3. The molecule has 2 N–H and O–H groups in total. The molecular weight excluding hydrogens is 544 g/mol. The maximum absolute atomic E-state index is 13.8. The van der Waals surface area contributed by atoms with Crippen molar-refractivity contribution in [3.8, 4) is 0 Å². The lowest BCUT2D eigenvalue weighted by molar-refractivity contribution is -0.141. The van der Waals surface area contributed by atoms with Crippen molar-refractivity contribution < 1.29 is 18.4 Å². The third kappa shape index (κ3) is 12.8. The lowest BCUT2D eigenvalue weighted by Crippen LogP contribution is -2.60. The zero-order valence-corrected chi connectivity index (χ0v) is 27.8. The molecule has 1 aliphatic rings. The predicted molar refractivity (Wildman–Crippen MR) is 175 cm³/mol. The first-order valence-electron chi connectivity index (χ1n) is 16.2. The Bertz CT molecular complexity index is 992. The Kier molecular flexibility index (Phi) is 18.0. The first-order chi connectivity index (χ1) is 20.5. The Labute approximate surface area is 260 Å². The standard InChI is InChI=1S/C33H48F2N2O.C2H6.CH3NO/c1-6-8-9-10-12-25(11-7-2)23-31(38)37-22-21-36(24-30(37)33(3,4)5)32(26-13-17-28(34)18-14-26)27-15-19-29(35)20-16-27;1-2;2-1-3/h13-20,25,30,32H,6-12,21-24H2,1-5H3;1-2H3;1H,(H2,2,3). The van der Waals surface area contributed by atoms with E-state index in [2.05, 4.69) is 50.2 Å². The number of rotatable bonds is 12. The number of unbranched alkanes of at least 4 members (excludes halogenated alkanes) is 3. The van der Waals surface area contributed by atoms with Crippen LogP contribution >= 0.6 is 0 Å². The van der Waals surface area contributed by atoms with Gasteiger partial charge in [0, 0.05) is 32.1 Å². The van der Waals surface area contributed by atoms with Crippen LogP contribution in [-0.4, -0.2) is 47.8 Å². The molecule has 242 valence electrons. The lowest BCUT2D eigenvalue weighted by Gasteiger charge is -2.49. The highest BCUT2D eigenvalue weighted by Crippen LogP contribution is 2.36. The molecule has 1 fully saturated rings. The second kappa shape index (κ2) is 20.2. The van der Waals surface area contributed by atoms with Crippen molar-refractivity contribution >= 4 is 12.3 Å². The van der Waals surface area contributed by atoms with Gasteiger partial charge in [0.15, 0.2) is 0 Å². The van der Waals surface area contributed by atoms with Gasteiger partial charge in [0.2, 0.25) is 12.3 Å². The summed E-state index contributed by atoms with van der Waals surface area (Å²) in [6.07, 6.45) is 9.19. The SMILES string of the molecule is CC.CCCCCCC(CCC)CC(=O)N1CCN(C(c2ccc(F)cc2)c2ccc(F)cc2)CC1C(C)(C)C.NC=O.